The van der Waals surface area contributed by atoms with Crippen molar-refractivity contribution in [1.29, 1.82) is 5.26 Å². The quantitative estimate of drug-likeness (QED) is 0.378. The van der Waals surface area contributed by atoms with Crippen molar-refractivity contribution in [1.82, 2.24) is 19.7 Å². The van der Waals surface area contributed by atoms with Crippen LogP contribution in [-0.2, 0) is 20.6 Å². The van der Waals surface area contributed by atoms with E-state index in [9.17, 15) is 32.8 Å². The Kier molecular flexibility index (Phi) is 8.94. The number of pyridine rings is 1. The van der Waals surface area contributed by atoms with Crippen LogP contribution < -0.4 is 15.1 Å². The molecule has 2 saturated heterocycles. The summed E-state index contributed by atoms with van der Waals surface area (Å²) in [5, 5.41) is 12.4. The molecule has 1 aromatic carbocycles. The Hall–Kier alpha value is -4.71. The van der Waals surface area contributed by atoms with E-state index < -0.39 is 35.1 Å². The summed E-state index contributed by atoms with van der Waals surface area (Å²) in [6.07, 6.45) is -3.55. The topological polar surface area (TPSA) is 116 Å². The summed E-state index contributed by atoms with van der Waals surface area (Å²) >= 11 is 0. The summed E-state index contributed by atoms with van der Waals surface area (Å²) in [6, 6.07) is 5.13. The van der Waals surface area contributed by atoms with E-state index in [0.29, 0.717) is 19.6 Å². The van der Waals surface area contributed by atoms with Crippen LogP contribution in [0.25, 0.3) is 0 Å². The van der Waals surface area contributed by atoms with Crippen molar-refractivity contribution in [3.8, 4) is 6.07 Å². The zero-order valence-corrected chi connectivity index (χ0v) is 25.6. The summed E-state index contributed by atoms with van der Waals surface area (Å²) in [6.45, 7) is 6.70. The molecule has 0 radical (unpaired) electrons. The van der Waals surface area contributed by atoms with E-state index in [1.165, 1.54) is 37.1 Å². The van der Waals surface area contributed by atoms with Crippen molar-refractivity contribution in [3.63, 3.8) is 0 Å². The number of piperazine rings is 1. The molecule has 3 amide bonds. The third-order valence-corrected chi connectivity index (χ3v) is 8.86. The maximum absolute atomic E-state index is 15.5. The first-order chi connectivity index (χ1) is 21.7. The van der Waals surface area contributed by atoms with Crippen LogP contribution in [0, 0.1) is 24.1 Å². The predicted molar refractivity (Wildman–Crippen MR) is 161 cm³/mol. The zero-order valence-electron chi connectivity index (χ0n) is 25.6. The normalized spacial score (nSPS) is 21.3. The number of aryl methyl sites for hydroxylation is 1. The molecule has 2 fully saturated rings. The summed E-state index contributed by atoms with van der Waals surface area (Å²) in [7, 11) is 3.12. The molecule has 15 heteroatoms. The number of carbonyl (C=O) groups excluding carboxylic acids is 3. The summed E-state index contributed by atoms with van der Waals surface area (Å²) in [5.74, 6) is -1.81. The van der Waals surface area contributed by atoms with Crippen molar-refractivity contribution in [2.45, 2.75) is 37.6 Å². The number of nitrogens with one attached hydrogen (secondary N) is 1. The van der Waals surface area contributed by atoms with Gasteiger partial charge in [0.25, 0.3) is 0 Å². The second-order valence-electron chi connectivity index (χ2n) is 11.8. The van der Waals surface area contributed by atoms with E-state index in [4.69, 9.17) is 0 Å². The third-order valence-electron chi connectivity index (χ3n) is 8.86. The van der Waals surface area contributed by atoms with Gasteiger partial charge in [0.05, 0.1) is 29.5 Å². The van der Waals surface area contributed by atoms with Crippen LogP contribution >= 0.6 is 0 Å². The third kappa shape index (κ3) is 6.21. The van der Waals surface area contributed by atoms with Crippen LogP contribution in [0.5, 0.6) is 0 Å². The van der Waals surface area contributed by atoms with E-state index in [-0.39, 0.29) is 72.8 Å². The Morgan fingerprint density at radius 2 is 1.93 bits per heavy atom. The number of rotatable bonds is 6. The Morgan fingerprint density at radius 3 is 2.59 bits per heavy atom. The Bertz CT molecular complexity index is 1600. The molecule has 1 aromatic heterocycles. The summed E-state index contributed by atoms with van der Waals surface area (Å²) in [5.41, 5.74) is -1.49. The van der Waals surface area contributed by atoms with Gasteiger partial charge in [-0.2, -0.15) is 18.4 Å². The first kappa shape index (κ1) is 32.7. The number of carbonyl (C=O) groups is 3. The number of alkyl halides is 3. The molecule has 3 aliphatic heterocycles. The Labute approximate surface area is 263 Å². The fourth-order valence-electron chi connectivity index (χ4n) is 6.21. The van der Waals surface area contributed by atoms with Crippen molar-refractivity contribution in [3.05, 3.63) is 59.6 Å². The molecule has 4 heterocycles. The van der Waals surface area contributed by atoms with Gasteiger partial charge in [-0.25, -0.2) is 9.37 Å². The van der Waals surface area contributed by atoms with Gasteiger partial charge in [0, 0.05) is 58.6 Å². The van der Waals surface area contributed by atoms with Gasteiger partial charge in [-0.3, -0.25) is 19.3 Å². The number of para-hydroxylation sites is 1. The highest BCUT2D eigenvalue weighted by molar-refractivity contribution is 6.01. The predicted octanol–water partition coefficient (Wildman–Crippen LogP) is 2.61. The smallest absolute Gasteiger partial charge is 0.365 e. The van der Waals surface area contributed by atoms with Gasteiger partial charge in [0.15, 0.2) is 0 Å². The maximum Gasteiger partial charge on any atom is 0.417 e. The van der Waals surface area contributed by atoms with Crippen LogP contribution in [0.1, 0.15) is 23.2 Å². The molecule has 0 bridgehead atoms. The Morgan fingerprint density at radius 1 is 1.22 bits per heavy atom. The molecule has 3 aliphatic rings. The minimum absolute atomic E-state index is 0.00696. The van der Waals surface area contributed by atoms with Crippen LogP contribution in [0.2, 0.25) is 0 Å². The van der Waals surface area contributed by atoms with Crippen LogP contribution in [-0.4, -0.2) is 109 Å². The van der Waals surface area contributed by atoms with Crippen LogP contribution in [0.15, 0.2) is 36.9 Å². The zero-order chi connectivity index (χ0) is 33.5. The average Bonchev–Trinajstić information content (AvgIpc) is 2.97. The molecular weight excluding hydrogens is 608 g/mol. The van der Waals surface area contributed by atoms with Gasteiger partial charge in [0.1, 0.15) is 29.3 Å². The molecule has 0 saturated carbocycles. The molecule has 5 rings (SSSR count). The highest BCUT2D eigenvalue weighted by atomic mass is 19.4. The standard InChI is InChI=1S/C31H34F4N8O3/c1-5-26(44)43-15-20(16-43)42-14-19(39(3)27(45)17-42)13-41-10-9-24(30(46)40(4)25-8-6-7-23(32)28(25)41)38-29-21(12-36)22(31(33,34)35)11-18(2)37-29/h5-8,11,19-20,24H,1,9-10,13-17H2,2-4H3,(H,37,38)/t19-,24+/m1/s1. The molecule has 2 aromatic rings. The Balaban J connectivity index is 1.43. The lowest BCUT2D eigenvalue weighted by Crippen LogP contribution is -2.67. The van der Waals surface area contributed by atoms with Crippen LogP contribution in [0.4, 0.5) is 34.8 Å². The SMILES string of the molecule is C=CC(=O)N1CC(N2CC(=O)N(C)[C@H](CN3CC[C@H](Nc4nc(C)cc(C(F)(F)F)c4C#N)C(=O)N(C)c4cccc(F)c43)C2)C1. The van der Waals surface area contributed by atoms with E-state index in [1.807, 2.05) is 4.90 Å². The number of hydrogen-bond acceptors (Lipinski definition) is 8. The molecule has 244 valence electrons. The molecule has 1 N–H and O–H groups in total. The molecule has 46 heavy (non-hydrogen) atoms. The van der Waals surface area contributed by atoms with Crippen molar-refractivity contribution in [2.75, 3.05) is 68.5 Å². The molecule has 0 aliphatic carbocycles. The lowest BCUT2D eigenvalue weighted by atomic mass is 10.0. The van der Waals surface area contributed by atoms with E-state index in [0.717, 1.165) is 6.07 Å². The second-order valence-corrected chi connectivity index (χ2v) is 11.8. The van der Waals surface area contributed by atoms with Crippen LogP contribution in [0.3, 0.4) is 0 Å². The fourth-order valence-corrected chi connectivity index (χ4v) is 6.21. The van der Waals surface area contributed by atoms with Gasteiger partial charge in [-0.15, -0.1) is 0 Å². The average molecular weight is 643 g/mol. The first-order valence-electron chi connectivity index (χ1n) is 14.7. The van der Waals surface area contributed by atoms with Gasteiger partial charge in [0.2, 0.25) is 17.7 Å². The number of likely N-dealkylation sites (N-methyl/N-ethyl adjacent to an activating group) is 2. The number of aromatic nitrogens is 1. The largest absolute Gasteiger partial charge is 0.417 e. The molecule has 11 nitrogen and oxygen atoms in total. The number of likely N-dealkylation sites (tertiary alicyclic amines) is 1. The fraction of sp³-hybridized carbons (Fsp3) is 0.452. The minimum atomic E-state index is -4.82. The molecule has 2 atom stereocenters. The number of amides is 3. The second kappa shape index (κ2) is 12.6. The van der Waals surface area contributed by atoms with Gasteiger partial charge in [-0.1, -0.05) is 12.6 Å². The number of fused-ring (bicyclic) bond motifs is 1. The highest BCUT2D eigenvalue weighted by Gasteiger charge is 2.42. The number of anilines is 3. The number of nitrogens with zero attached hydrogens (tertiary/aromatic N) is 7. The van der Waals surface area contributed by atoms with Gasteiger partial charge in [-0.05, 0) is 37.6 Å². The van der Waals surface area contributed by atoms with E-state index in [2.05, 4.69) is 16.9 Å². The van der Waals surface area contributed by atoms with Gasteiger partial charge >= 0.3 is 6.18 Å². The number of halogens is 4. The number of nitriles is 1. The number of hydrogen-bond donors (Lipinski definition) is 1. The lowest BCUT2D eigenvalue weighted by molar-refractivity contribution is -0.144. The van der Waals surface area contributed by atoms with Crippen molar-refractivity contribution in [2.24, 2.45) is 0 Å². The van der Waals surface area contributed by atoms with Gasteiger partial charge < -0.3 is 24.9 Å². The van der Waals surface area contributed by atoms with Crippen molar-refractivity contribution < 1.29 is 31.9 Å². The number of benzene rings is 1. The molecule has 0 unspecified atom stereocenters. The van der Waals surface area contributed by atoms with E-state index in [1.54, 1.807) is 33.9 Å². The lowest BCUT2D eigenvalue weighted by Gasteiger charge is -2.50. The summed E-state index contributed by atoms with van der Waals surface area (Å²) in [4.78, 5) is 51.0. The highest BCUT2D eigenvalue weighted by Crippen LogP contribution is 2.37. The first-order valence-corrected chi connectivity index (χ1v) is 14.7. The molecule has 0 spiro atoms. The summed E-state index contributed by atoms with van der Waals surface area (Å²) < 4.78 is 56.8. The molecular formula is C31H34F4N8O3. The maximum atomic E-state index is 15.5. The van der Waals surface area contributed by atoms with Crippen molar-refractivity contribution >= 4 is 34.9 Å². The monoisotopic (exact) mass is 642 g/mol. The van der Waals surface area contributed by atoms with E-state index >= 15 is 4.39 Å². The minimum Gasteiger partial charge on any atom is -0.365 e.